The Morgan fingerprint density at radius 1 is 1.32 bits per heavy atom. The van der Waals surface area contributed by atoms with Crippen LogP contribution in [0.25, 0.3) is 0 Å². The number of carbonyl (C=O) groups is 1. The standard InChI is InChI=1S/C21H30O4/c1-12(2)14-11-13-7-8-15-20(3,4)9-6-10-21(15,19(23)24)16(13)17(22)18(14)25-5/h11-12,15,22H,6-10H2,1-5H3,(H,23,24)/t15?,21-/m0/s1. The van der Waals surface area contributed by atoms with Crippen LogP contribution in [-0.4, -0.2) is 23.3 Å². The number of methoxy groups -OCH3 is 1. The van der Waals surface area contributed by atoms with Crippen molar-refractivity contribution in [2.24, 2.45) is 11.3 Å². The number of aromatic hydroxyl groups is 1. The molecule has 0 amide bonds. The van der Waals surface area contributed by atoms with Crippen LogP contribution in [0.2, 0.25) is 0 Å². The normalized spacial score (nSPS) is 27.5. The molecule has 0 bridgehead atoms. The maximum absolute atomic E-state index is 12.6. The zero-order chi connectivity index (χ0) is 18.6. The van der Waals surface area contributed by atoms with Crippen LogP contribution in [-0.2, 0) is 16.6 Å². The number of aryl methyl sites for hydroxylation is 1. The van der Waals surface area contributed by atoms with Gasteiger partial charge in [-0.05, 0) is 48.5 Å². The molecular weight excluding hydrogens is 316 g/mol. The number of carboxylic acid groups (broad SMARTS) is 1. The van der Waals surface area contributed by atoms with Gasteiger partial charge in [-0.1, -0.05) is 40.2 Å². The molecule has 2 aliphatic carbocycles. The van der Waals surface area contributed by atoms with Crippen LogP contribution in [0.3, 0.4) is 0 Å². The van der Waals surface area contributed by atoms with Crippen LogP contribution in [0.4, 0.5) is 0 Å². The molecule has 0 radical (unpaired) electrons. The maximum Gasteiger partial charge on any atom is 0.314 e. The predicted octanol–water partition coefficient (Wildman–Crippen LogP) is 4.62. The molecule has 25 heavy (non-hydrogen) atoms. The van der Waals surface area contributed by atoms with Gasteiger partial charge in [0, 0.05) is 11.1 Å². The lowest BCUT2D eigenvalue weighted by atomic mass is 9.49. The van der Waals surface area contributed by atoms with Gasteiger partial charge in [0.25, 0.3) is 0 Å². The van der Waals surface area contributed by atoms with E-state index in [-0.39, 0.29) is 23.0 Å². The van der Waals surface area contributed by atoms with Crippen molar-refractivity contribution in [3.8, 4) is 11.5 Å². The first-order valence-electron chi connectivity index (χ1n) is 9.33. The molecule has 1 aromatic carbocycles. The summed E-state index contributed by atoms with van der Waals surface area (Å²) >= 11 is 0. The van der Waals surface area contributed by atoms with Gasteiger partial charge in [0.1, 0.15) is 0 Å². The molecule has 0 spiro atoms. The average Bonchev–Trinajstić information content (AvgIpc) is 2.53. The number of hydrogen-bond donors (Lipinski definition) is 2. The Morgan fingerprint density at radius 3 is 2.56 bits per heavy atom. The molecule has 0 aliphatic heterocycles. The van der Waals surface area contributed by atoms with E-state index < -0.39 is 11.4 Å². The molecule has 0 saturated heterocycles. The fraction of sp³-hybridized carbons (Fsp3) is 0.667. The first-order valence-corrected chi connectivity index (χ1v) is 9.33. The van der Waals surface area contributed by atoms with Gasteiger partial charge >= 0.3 is 5.97 Å². The average molecular weight is 346 g/mol. The molecule has 4 nitrogen and oxygen atoms in total. The number of phenolic OH excluding ortho intramolecular Hbond substituents is 1. The van der Waals surface area contributed by atoms with Gasteiger partial charge < -0.3 is 14.9 Å². The Hall–Kier alpha value is -1.71. The zero-order valence-electron chi connectivity index (χ0n) is 16.0. The third-order valence-electron chi connectivity index (χ3n) is 6.65. The van der Waals surface area contributed by atoms with Crippen molar-refractivity contribution in [3.05, 3.63) is 22.8 Å². The quantitative estimate of drug-likeness (QED) is 0.838. The summed E-state index contributed by atoms with van der Waals surface area (Å²) < 4.78 is 5.52. The second-order valence-corrected chi connectivity index (χ2v) is 8.75. The highest BCUT2D eigenvalue weighted by molar-refractivity contribution is 5.85. The molecule has 0 aromatic heterocycles. The smallest absolute Gasteiger partial charge is 0.314 e. The van der Waals surface area contributed by atoms with Gasteiger partial charge in [0.15, 0.2) is 11.5 Å². The maximum atomic E-state index is 12.6. The highest BCUT2D eigenvalue weighted by Crippen LogP contribution is 2.60. The summed E-state index contributed by atoms with van der Waals surface area (Å²) in [6, 6.07) is 2.07. The summed E-state index contributed by atoms with van der Waals surface area (Å²) in [5.41, 5.74) is 1.49. The van der Waals surface area contributed by atoms with E-state index in [1.165, 1.54) is 0 Å². The van der Waals surface area contributed by atoms with Crippen molar-refractivity contribution in [2.75, 3.05) is 7.11 Å². The van der Waals surface area contributed by atoms with Crippen LogP contribution < -0.4 is 4.74 Å². The lowest BCUT2D eigenvalue weighted by molar-refractivity contribution is -0.152. The zero-order valence-corrected chi connectivity index (χ0v) is 16.0. The summed E-state index contributed by atoms with van der Waals surface area (Å²) in [6.07, 6.45) is 4.15. The molecule has 0 heterocycles. The Kier molecular flexibility index (Phi) is 4.29. The Labute approximate surface area is 150 Å². The fourth-order valence-corrected chi connectivity index (χ4v) is 5.50. The number of phenols is 1. The number of ether oxygens (including phenoxy) is 1. The highest BCUT2D eigenvalue weighted by atomic mass is 16.5. The first kappa shape index (κ1) is 18.1. The summed E-state index contributed by atoms with van der Waals surface area (Å²) in [4.78, 5) is 12.6. The molecule has 3 rings (SSSR count). The number of carboxylic acids is 1. The van der Waals surface area contributed by atoms with Crippen LogP contribution in [0.15, 0.2) is 6.07 Å². The molecule has 1 saturated carbocycles. The molecule has 1 unspecified atom stereocenters. The predicted molar refractivity (Wildman–Crippen MR) is 97.5 cm³/mol. The third kappa shape index (κ3) is 2.44. The minimum atomic E-state index is -1.01. The molecule has 2 atom stereocenters. The van der Waals surface area contributed by atoms with Crippen LogP contribution in [0.5, 0.6) is 11.5 Å². The first-order chi connectivity index (χ1) is 11.7. The van der Waals surface area contributed by atoms with Gasteiger partial charge in [-0.15, -0.1) is 0 Å². The van der Waals surface area contributed by atoms with E-state index in [9.17, 15) is 15.0 Å². The fourth-order valence-electron chi connectivity index (χ4n) is 5.50. The Balaban J connectivity index is 2.32. The molecule has 1 aromatic rings. The molecule has 2 aliphatic rings. The van der Waals surface area contributed by atoms with Crippen LogP contribution in [0, 0.1) is 11.3 Å². The summed E-state index contributed by atoms with van der Waals surface area (Å²) in [5.74, 6) is -0.0838. The highest BCUT2D eigenvalue weighted by Gasteiger charge is 2.58. The van der Waals surface area contributed by atoms with E-state index in [0.29, 0.717) is 17.7 Å². The molecule has 4 heteroatoms. The minimum Gasteiger partial charge on any atom is -0.504 e. The van der Waals surface area contributed by atoms with Gasteiger partial charge in [-0.2, -0.15) is 0 Å². The number of hydrogen-bond acceptors (Lipinski definition) is 3. The van der Waals surface area contributed by atoms with E-state index in [1.807, 2.05) is 0 Å². The van der Waals surface area contributed by atoms with Crippen molar-refractivity contribution in [1.82, 2.24) is 0 Å². The van der Waals surface area contributed by atoms with Crippen LogP contribution in [0.1, 0.15) is 76.0 Å². The van der Waals surface area contributed by atoms with E-state index in [1.54, 1.807) is 7.11 Å². The number of aliphatic carboxylic acids is 1. The summed E-state index contributed by atoms with van der Waals surface area (Å²) in [7, 11) is 1.55. The van der Waals surface area contributed by atoms with E-state index in [4.69, 9.17) is 4.74 Å². The lowest BCUT2D eigenvalue weighted by Crippen LogP contribution is -2.54. The second kappa shape index (κ2) is 5.93. The number of fused-ring (bicyclic) bond motifs is 3. The third-order valence-corrected chi connectivity index (χ3v) is 6.65. The van der Waals surface area contributed by atoms with Crippen molar-refractivity contribution < 1.29 is 19.7 Å². The van der Waals surface area contributed by atoms with Crippen molar-refractivity contribution in [2.45, 2.75) is 71.1 Å². The molecule has 2 N–H and O–H groups in total. The molecular formula is C21H30O4. The van der Waals surface area contributed by atoms with Gasteiger partial charge in [-0.3, -0.25) is 4.79 Å². The SMILES string of the molecule is COc1c(C(C)C)cc2c(c1O)[C@]1(C(=O)O)CCCC(C)(C)C1CC2. The molecule has 138 valence electrons. The van der Waals surface area contributed by atoms with Gasteiger partial charge in [-0.25, -0.2) is 0 Å². The van der Waals surface area contributed by atoms with Crippen molar-refractivity contribution >= 4 is 5.97 Å². The summed E-state index contributed by atoms with van der Waals surface area (Å²) in [6.45, 7) is 8.48. The summed E-state index contributed by atoms with van der Waals surface area (Å²) in [5, 5.41) is 21.4. The monoisotopic (exact) mass is 346 g/mol. The van der Waals surface area contributed by atoms with Crippen LogP contribution >= 0.6 is 0 Å². The minimum absolute atomic E-state index is 0.0271. The Morgan fingerprint density at radius 2 is 2.00 bits per heavy atom. The van der Waals surface area contributed by atoms with Gasteiger partial charge in [0.05, 0.1) is 12.5 Å². The largest absolute Gasteiger partial charge is 0.504 e. The van der Waals surface area contributed by atoms with Crippen molar-refractivity contribution in [1.29, 1.82) is 0 Å². The second-order valence-electron chi connectivity index (χ2n) is 8.75. The topological polar surface area (TPSA) is 66.8 Å². The lowest BCUT2D eigenvalue weighted by Gasteiger charge is -2.53. The van der Waals surface area contributed by atoms with E-state index >= 15 is 0 Å². The molecule has 1 fully saturated rings. The van der Waals surface area contributed by atoms with E-state index in [0.717, 1.165) is 36.8 Å². The number of rotatable bonds is 3. The van der Waals surface area contributed by atoms with Crippen molar-refractivity contribution in [3.63, 3.8) is 0 Å². The Bertz CT molecular complexity index is 704. The number of benzene rings is 1. The van der Waals surface area contributed by atoms with Gasteiger partial charge in [0.2, 0.25) is 0 Å². The van der Waals surface area contributed by atoms with E-state index in [2.05, 4.69) is 33.8 Å².